The van der Waals surface area contributed by atoms with Gasteiger partial charge in [-0.15, -0.1) is 0 Å². The Morgan fingerprint density at radius 2 is 1.52 bits per heavy atom. The standard InChI is InChI=1S/C23H23ClN2O4S/c1-15-4-7-19(12-17(15)3)26-31(28,29)21-10-8-20(9-11-21)30-14-23(27)25-18-6-5-16(2)22(24)13-18/h4-13,26H,14H2,1-3H3,(H,25,27). The number of ether oxygens (including phenoxy) is 1. The van der Waals surface area contributed by atoms with Crippen LogP contribution >= 0.6 is 11.6 Å². The molecule has 8 heteroatoms. The maximum atomic E-state index is 12.6. The summed E-state index contributed by atoms with van der Waals surface area (Å²) in [5.74, 6) is 0.0234. The highest BCUT2D eigenvalue weighted by Gasteiger charge is 2.15. The van der Waals surface area contributed by atoms with E-state index in [2.05, 4.69) is 10.0 Å². The molecule has 0 aliphatic rings. The van der Waals surface area contributed by atoms with Crippen molar-refractivity contribution in [3.05, 3.63) is 82.4 Å². The number of sulfonamides is 1. The second-order valence-electron chi connectivity index (χ2n) is 7.18. The second-order valence-corrected chi connectivity index (χ2v) is 9.27. The smallest absolute Gasteiger partial charge is 0.262 e. The van der Waals surface area contributed by atoms with Gasteiger partial charge in [0.05, 0.1) is 4.90 Å². The minimum Gasteiger partial charge on any atom is -0.484 e. The maximum absolute atomic E-state index is 12.6. The number of rotatable bonds is 7. The van der Waals surface area contributed by atoms with Gasteiger partial charge in [-0.05, 0) is 86.0 Å². The first-order valence-electron chi connectivity index (χ1n) is 9.53. The van der Waals surface area contributed by atoms with Gasteiger partial charge in [0.15, 0.2) is 6.61 Å². The van der Waals surface area contributed by atoms with E-state index in [9.17, 15) is 13.2 Å². The molecule has 162 valence electrons. The molecule has 0 aromatic heterocycles. The Bertz CT molecular complexity index is 1210. The molecule has 0 heterocycles. The molecule has 0 fully saturated rings. The van der Waals surface area contributed by atoms with Crippen LogP contribution in [-0.4, -0.2) is 20.9 Å². The molecule has 0 atom stereocenters. The zero-order chi connectivity index (χ0) is 22.6. The predicted molar refractivity (Wildman–Crippen MR) is 123 cm³/mol. The third-order valence-electron chi connectivity index (χ3n) is 4.72. The molecule has 0 saturated carbocycles. The Kier molecular flexibility index (Phi) is 6.87. The molecule has 0 aliphatic heterocycles. The summed E-state index contributed by atoms with van der Waals surface area (Å²) in [6, 6.07) is 16.5. The van der Waals surface area contributed by atoms with Gasteiger partial charge in [-0.1, -0.05) is 23.7 Å². The molecule has 0 radical (unpaired) electrons. The zero-order valence-corrected chi connectivity index (χ0v) is 19.0. The third kappa shape index (κ3) is 5.99. The van der Waals surface area contributed by atoms with Crippen LogP contribution in [0.5, 0.6) is 5.75 Å². The molecule has 0 unspecified atom stereocenters. The number of nitrogens with one attached hydrogen (secondary N) is 2. The van der Waals surface area contributed by atoms with E-state index in [-0.39, 0.29) is 17.4 Å². The molecule has 0 bridgehead atoms. The Hall–Kier alpha value is -3.03. The summed E-state index contributed by atoms with van der Waals surface area (Å²) >= 11 is 6.05. The van der Waals surface area contributed by atoms with Crippen LogP contribution in [0.3, 0.4) is 0 Å². The number of aryl methyl sites for hydroxylation is 3. The lowest BCUT2D eigenvalue weighted by atomic mass is 10.1. The largest absolute Gasteiger partial charge is 0.484 e. The number of carbonyl (C=O) groups is 1. The molecule has 31 heavy (non-hydrogen) atoms. The lowest BCUT2D eigenvalue weighted by Crippen LogP contribution is -2.20. The molecule has 3 aromatic rings. The van der Waals surface area contributed by atoms with Crippen molar-refractivity contribution in [3.8, 4) is 5.75 Å². The van der Waals surface area contributed by atoms with Gasteiger partial charge in [-0.25, -0.2) is 8.42 Å². The summed E-state index contributed by atoms with van der Waals surface area (Å²) in [6.07, 6.45) is 0. The fourth-order valence-corrected chi connectivity index (χ4v) is 3.98. The van der Waals surface area contributed by atoms with E-state index < -0.39 is 10.0 Å². The molecule has 3 aromatic carbocycles. The van der Waals surface area contributed by atoms with Crippen LogP contribution in [0.2, 0.25) is 5.02 Å². The van der Waals surface area contributed by atoms with Crippen molar-refractivity contribution in [2.24, 2.45) is 0 Å². The van der Waals surface area contributed by atoms with Crippen LogP contribution in [-0.2, 0) is 14.8 Å². The van der Waals surface area contributed by atoms with Crippen LogP contribution in [0.15, 0.2) is 65.6 Å². The predicted octanol–water partition coefficient (Wildman–Crippen LogP) is 5.08. The first-order valence-corrected chi connectivity index (χ1v) is 11.4. The summed E-state index contributed by atoms with van der Waals surface area (Å²) in [7, 11) is -3.74. The minimum atomic E-state index is -3.74. The Labute approximate surface area is 187 Å². The van der Waals surface area contributed by atoms with Crippen molar-refractivity contribution >= 4 is 38.9 Å². The Morgan fingerprint density at radius 1 is 0.871 bits per heavy atom. The van der Waals surface area contributed by atoms with Gasteiger partial charge in [0.1, 0.15) is 5.75 Å². The summed E-state index contributed by atoms with van der Waals surface area (Å²) in [4.78, 5) is 12.2. The fourth-order valence-electron chi connectivity index (χ4n) is 2.75. The van der Waals surface area contributed by atoms with E-state index in [0.29, 0.717) is 22.1 Å². The van der Waals surface area contributed by atoms with E-state index in [0.717, 1.165) is 16.7 Å². The van der Waals surface area contributed by atoms with Crippen LogP contribution in [0, 0.1) is 20.8 Å². The number of hydrogen-bond donors (Lipinski definition) is 2. The van der Waals surface area contributed by atoms with E-state index in [1.165, 1.54) is 24.3 Å². The van der Waals surface area contributed by atoms with E-state index >= 15 is 0 Å². The average Bonchev–Trinajstić information content (AvgIpc) is 2.72. The Morgan fingerprint density at radius 3 is 2.16 bits per heavy atom. The van der Waals surface area contributed by atoms with E-state index in [4.69, 9.17) is 16.3 Å². The summed E-state index contributed by atoms with van der Waals surface area (Å²) < 4.78 is 33.2. The van der Waals surface area contributed by atoms with Crippen molar-refractivity contribution in [2.45, 2.75) is 25.7 Å². The molecular weight excluding hydrogens is 436 g/mol. The molecular formula is C23H23ClN2O4S. The molecule has 1 amide bonds. The molecule has 0 spiro atoms. The van der Waals surface area contributed by atoms with Crippen molar-refractivity contribution in [1.29, 1.82) is 0 Å². The minimum absolute atomic E-state index is 0.0943. The monoisotopic (exact) mass is 458 g/mol. The number of anilines is 2. The lowest BCUT2D eigenvalue weighted by Gasteiger charge is -2.11. The number of halogens is 1. The highest BCUT2D eigenvalue weighted by atomic mass is 35.5. The van der Waals surface area contributed by atoms with Crippen LogP contribution < -0.4 is 14.8 Å². The summed E-state index contributed by atoms with van der Waals surface area (Å²) in [6.45, 7) is 5.53. The quantitative estimate of drug-likeness (QED) is 0.516. The molecule has 0 aliphatic carbocycles. The van der Waals surface area contributed by atoms with E-state index in [1.807, 2.05) is 32.9 Å². The van der Waals surface area contributed by atoms with Crippen molar-refractivity contribution in [1.82, 2.24) is 0 Å². The number of carbonyl (C=O) groups excluding carboxylic acids is 1. The van der Waals surface area contributed by atoms with Crippen LogP contribution in [0.1, 0.15) is 16.7 Å². The van der Waals surface area contributed by atoms with Gasteiger partial charge in [0, 0.05) is 16.4 Å². The van der Waals surface area contributed by atoms with Gasteiger partial charge in [0.2, 0.25) is 0 Å². The molecule has 2 N–H and O–H groups in total. The highest BCUT2D eigenvalue weighted by Crippen LogP contribution is 2.22. The first kappa shape index (κ1) is 22.7. The topological polar surface area (TPSA) is 84.5 Å². The number of hydrogen-bond acceptors (Lipinski definition) is 4. The zero-order valence-electron chi connectivity index (χ0n) is 17.4. The number of benzene rings is 3. The Balaban J connectivity index is 1.59. The maximum Gasteiger partial charge on any atom is 0.262 e. The van der Waals surface area contributed by atoms with Gasteiger partial charge in [-0.2, -0.15) is 0 Å². The highest BCUT2D eigenvalue weighted by molar-refractivity contribution is 7.92. The lowest BCUT2D eigenvalue weighted by molar-refractivity contribution is -0.118. The van der Waals surface area contributed by atoms with Crippen molar-refractivity contribution in [2.75, 3.05) is 16.6 Å². The van der Waals surface area contributed by atoms with Gasteiger partial charge in [-0.3, -0.25) is 9.52 Å². The normalized spacial score (nSPS) is 11.1. The van der Waals surface area contributed by atoms with Crippen molar-refractivity contribution < 1.29 is 17.9 Å². The van der Waals surface area contributed by atoms with Crippen molar-refractivity contribution in [3.63, 3.8) is 0 Å². The molecule has 6 nitrogen and oxygen atoms in total. The summed E-state index contributed by atoms with van der Waals surface area (Å²) in [5.41, 5.74) is 4.06. The SMILES string of the molecule is Cc1ccc(NS(=O)(=O)c2ccc(OCC(=O)Nc3ccc(C)c(Cl)c3)cc2)cc1C. The third-order valence-corrected chi connectivity index (χ3v) is 6.52. The molecule has 0 saturated heterocycles. The van der Waals surface area contributed by atoms with E-state index in [1.54, 1.807) is 24.3 Å². The average molecular weight is 459 g/mol. The fraction of sp³-hybridized carbons (Fsp3) is 0.174. The summed E-state index contributed by atoms with van der Waals surface area (Å²) in [5, 5.41) is 3.26. The second kappa shape index (κ2) is 9.41. The van der Waals surface area contributed by atoms with Crippen LogP contribution in [0.4, 0.5) is 11.4 Å². The van der Waals surface area contributed by atoms with Gasteiger partial charge < -0.3 is 10.1 Å². The molecule has 3 rings (SSSR count). The first-order chi connectivity index (χ1) is 14.6. The van der Waals surface area contributed by atoms with Gasteiger partial charge in [0.25, 0.3) is 15.9 Å². The van der Waals surface area contributed by atoms with Gasteiger partial charge >= 0.3 is 0 Å². The number of amides is 1. The van der Waals surface area contributed by atoms with Crippen LogP contribution in [0.25, 0.3) is 0 Å².